The van der Waals surface area contributed by atoms with Crippen LogP contribution in [-0.4, -0.2) is 26.1 Å². The molecule has 0 atom stereocenters. The number of hydrogen-bond acceptors (Lipinski definition) is 3. The minimum absolute atomic E-state index is 0.0856. The Morgan fingerprint density at radius 3 is 2.68 bits per heavy atom. The van der Waals surface area contributed by atoms with Gasteiger partial charge in [-0.1, -0.05) is 22.9 Å². The van der Waals surface area contributed by atoms with Gasteiger partial charge in [0.1, 0.15) is 0 Å². The molecule has 0 amide bonds. The molecule has 0 aliphatic heterocycles. The highest BCUT2D eigenvalue weighted by atomic mass is 16.4. The molecule has 0 spiro atoms. The summed E-state index contributed by atoms with van der Waals surface area (Å²) in [4.78, 5) is 11.2. The zero-order valence-corrected chi connectivity index (χ0v) is 10.9. The van der Waals surface area contributed by atoms with Crippen molar-refractivity contribution in [3.05, 3.63) is 40.7 Å². The second kappa shape index (κ2) is 4.19. The molecule has 0 radical (unpaired) electrons. The summed E-state index contributed by atoms with van der Waals surface area (Å²) in [6, 6.07) is 6.03. The van der Waals surface area contributed by atoms with Gasteiger partial charge < -0.3 is 5.11 Å². The van der Waals surface area contributed by atoms with Crippen molar-refractivity contribution in [2.45, 2.75) is 32.6 Å². The summed E-state index contributed by atoms with van der Waals surface area (Å²) in [7, 11) is 0. The van der Waals surface area contributed by atoms with Crippen molar-refractivity contribution in [3.63, 3.8) is 0 Å². The third-order valence-electron chi connectivity index (χ3n) is 3.45. The van der Waals surface area contributed by atoms with Gasteiger partial charge in [-0.25, -0.2) is 9.48 Å². The predicted octanol–water partition coefficient (Wildman–Crippen LogP) is 2.46. The maximum absolute atomic E-state index is 11.2. The Kier molecular flexibility index (Phi) is 2.62. The molecule has 1 saturated carbocycles. The highest BCUT2D eigenvalue weighted by Crippen LogP contribution is 2.42. The van der Waals surface area contributed by atoms with Crippen LogP contribution in [0.4, 0.5) is 0 Å². The highest BCUT2D eigenvalue weighted by molar-refractivity contribution is 5.87. The van der Waals surface area contributed by atoms with Crippen molar-refractivity contribution in [2.75, 3.05) is 0 Å². The summed E-state index contributed by atoms with van der Waals surface area (Å²) < 4.78 is 1.69. The molecule has 5 heteroatoms. The second-order valence-electron chi connectivity index (χ2n) is 5.10. The van der Waals surface area contributed by atoms with E-state index in [2.05, 4.69) is 16.4 Å². The van der Waals surface area contributed by atoms with Crippen molar-refractivity contribution >= 4 is 5.97 Å². The molecule has 1 aromatic heterocycles. The van der Waals surface area contributed by atoms with Gasteiger partial charge in [0, 0.05) is 5.92 Å². The maximum Gasteiger partial charge on any atom is 0.358 e. The lowest BCUT2D eigenvalue weighted by molar-refractivity contribution is 0.0689. The van der Waals surface area contributed by atoms with Crippen LogP contribution in [0.2, 0.25) is 0 Å². The third-order valence-corrected chi connectivity index (χ3v) is 3.45. The molecule has 0 bridgehead atoms. The van der Waals surface area contributed by atoms with Crippen LogP contribution < -0.4 is 0 Å². The Morgan fingerprint density at radius 1 is 1.37 bits per heavy atom. The normalized spacial score (nSPS) is 14.6. The number of rotatable bonds is 3. The van der Waals surface area contributed by atoms with Crippen molar-refractivity contribution in [3.8, 4) is 5.69 Å². The molecule has 19 heavy (non-hydrogen) atoms. The lowest BCUT2D eigenvalue weighted by Crippen LogP contribution is -2.07. The maximum atomic E-state index is 11.2. The Balaban J connectivity index is 2.17. The SMILES string of the molecule is Cc1ccc(-n2nnc(C(=O)O)c2C2CC2)c(C)c1. The molecule has 0 saturated heterocycles. The Bertz CT molecular complexity index is 657. The zero-order valence-electron chi connectivity index (χ0n) is 10.9. The summed E-state index contributed by atoms with van der Waals surface area (Å²) in [5.74, 6) is -0.722. The van der Waals surface area contributed by atoms with Gasteiger partial charge in [0.2, 0.25) is 0 Å². The van der Waals surface area contributed by atoms with E-state index in [4.69, 9.17) is 0 Å². The van der Waals surface area contributed by atoms with Crippen LogP contribution in [0.15, 0.2) is 18.2 Å². The molecule has 98 valence electrons. The van der Waals surface area contributed by atoms with Gasteiger partial charge in [0.15, 0.2) is 5.69 Å². The van der Waals surface area contributed by atoms with Gasteiger partial charge >= 0.3 is 5.97 Å². The topological polar surface area (TPSA) is 68.0 Å². The zero-order chi connectivity index (χ0) is 13.6. The van der Waals surface area contributed by atoms with Crippen molar-refractivity contribution in [1.29, 1.82) is 0 Å². The van der Waals surface area contributed by atoms with Crippen LogP contribution in [0.25, 0.3) is 5.69 Å². The van der Waals surface area contributed by atoms with Crippen LogP contribution in [0.3, 0.4) is 0 Å². The van der Waals surface area contributed by atoms with E-state index in [-0.39, 0.29) is 11.6 Å². The lowest BCUT2D eigenvalue weighted by Gasteiger charge is -2.09. The van der Waals surface area contributed by atoms with Gasteiger partial charge in [0.25, 0.3) is 0 Å². The number of aryl methyl sites for hydroxylation is 2. The fraction of sp³-hybridized carbons (Fsp3) is 0.357. The van der Waals surface area contributed by atoms with Crippen LogP contribution in [-0.2, 0) is 0 Å². The molecule has 0 unspecified atom stereocenters. The largest absolute Gasteiger partial charge is 0.476 e. The fourth-order valence-corrected chi connectivity index (χ4v) is 2.39. The number of aromatic nitrogens is 3. The summed E-state index contributed by atoms with van der Waals surface area (Å²) in [5.41, 5.74) is 3.98. The lowest BCUT2D eigenvalue weighted by atomic mass is 10.1. The van der Waals surface area contributed by atoms with E-state index in [0.717, 1.165) is 29.8 Å². The molecule has 1 aliphatic rings. The van der Waals surface area contributed by atoms with Gasteiger partial charge in [-0.05, 0) is 38.3 Å². The molecule has 1 aliphatic carbocycles. The number of carboxylic acid groups (broad SMARTS) is 1. The smallest absolute Gasteiger partial charge is 0.358 e. The monoisotopic (exact) mass is 257 g/mol. The van der Waals surface area contributed by atoms with Crippen LogP contribution >= 0.6 is 0 Å². The standard InChI is InChI=1S/C14H15N3O2/c1-8-3-6-11(9(2)7-8)17-13(10-4-5-10)12(14(18)19)15-16-17/h3,6-7,10H,4-5H2,1-2H3,(H,18,19). The molecular weight excluding hydrogens is 242 g/mol. The molecule has 1 aromatic carbocycles. The number of aromatic carboxylic acids is 1. The predicted molar refractivity (Wildman–Crippen MR) is 69.8 cm³/mol. The van der Waals surface area contributed by atoms with E-state index in [1.165, 1.54) is 5.56 Å². The third kappa shape index (κ3) is 2.01. The average molecular weight is 257 g/mol. The van der Waals surface area contributed by atoms with Gasteiger partial charge in [-0.15, -0.1) is 5.10 Å². The first-order valence-corrected chi connectivity index (χ1v) is 6.34. The fourth-order valence-electron chi connectivity index (χ4n) is 2.39. The van der Waals surface area contributed by atoms with Gasteiger partial charge in [-0.3, -0.25) is 0 Å². The van der Waals surface area contributed by atoms with E-state index in [0.29, 0.717) is 0 Å². The van der Waals surface area contributed by atoms with Crippen LogP contribution in [0, 0.1) is 13.8 Å². The first-order valence-electron chi connectivity index (χ1n) is 6.34. The Hall–Kier alpha value is -2.17. The molecule has 2 aromatic rings. The molecular formula is C14H15N3O2. The Morgan fingerprint density at radius 2 is 2.11 bits per heavy atom. The van der Waals surface area contributed by atoms with E-state index in [9.17, 15) is 9.90 Å². The first kappa shape index (κ1) is 11.9. The highest BCUT2D eigenvalue weighted by Gasteiger charge is 2.34. The number of hydrogen-bond donors (Lipinski definition) is 1. The first-order chi connectivity index (χ1) is 9.08. The van der Waals surface area contributed by atoms with Crippen molar-refractivity contribution in [1.82, 2.24) is 15.0 Å². The number of carboxylic acids is 1. The summed E-state index contributed by atoms with van der Waals surface area (Å²) in [6.07, 6.45) is 2.02. The van der Waals surface area contributed by atoms with Gasteiger partial charge in [-0.2, -0.15) is 0 Å². The molecule has 1 heterocycles. The number of benzene rings is 1. The number of carbonyl (C=O) groups is 1. The number of nitrogens with zero attached hydrogens (tertiary/aromatic N) is 3. The Labute approximate surface area is 110 Å². The van der Waals surface area contributed by atoms with E-state index < -0.39 is 5.97 Å². The molecule has 5 nitrogen and oxygen atoms in total. The minimum Gasteiger partial charge on any atom is -0.476 e. The van der Waals surface area contributed by atoms with E-state index in [1.54, 1.807) is 4.68 Å². The summed E-state index contributed by atoms with van der Waals surface area (Å²) in [5, 5.41) is 17.1. The summed E-state index contributed by atoms with van der Waals surface area (Å²) >= 11 is 0. The van der Waals surface area contributed by atoms with E-state index >= 15 is 0 Å². The quantitative estimate of drug-likeness (QED) is 0.917. The second-order valence-corrected chi connectivity index (χ2v) is 5.10. The summed E-state index contributed by atoms with van der Waals surface area (Å²) in [6.45, 7) is 4.03. The average Bonchev–Trinajstić information content (AvgIpc) is 3.08. The minimum atomic E-state index is -1.00. The molecule has 3 rings (SSSR count). The van der Waals surface area contributed by atoms with Crippen LogP contribution in [0.1, 0.15) is 46.1 Å². The van der Waals surface area contributed by atoms with Gasteiger partial charge in [0.05, 0.1) is 11.4 Å². The van der Waals surface area contributed by atoms with Crippen molar-refractivity contribution in [2.24, 2.45) is 0 Å². The molecule has 1 fully saturated rings. The van der Waals surface area contributed by atoms with Crippen molar-refractivity contribution < 1.29 is 9.90 Å². The van der Waals surface area contributed by atoms with Crippen LogP contribution in [0.5, 0.6) is 0 Å². The molecule has 1 N–H and O–H groups in total. The van der Waals surface area contributed by atoms with E-state index in [1.807, 2.05) is 26.0 Å².